The summed E-state index contributed by atoms with van der Waals surface area (Å²) in [6, 6.07) is 5.06. The van der Waals surface area contributed by atoms with E-state index in [1.165, 1.54) is 6.07 Å². The van der Waals surface area contributed by atoms with Crippen LogP contribution in [0.3, 0.4) is 0 Å². The van der Waals surface area contributed by atoms with Crippen molar-refractivity contribution in [3.05, 3.63) is 28.8 Å². The van der Waals surface area contributed by atoms with Crippen molar-refractivity contribution in [1.29, 1.82) is 5.26 Å². The molecule has 1 aromatic carbocycles. The molecular weight excluding hydrogens is 314 g/mol. The first-order valence-electron chi connectivity index (χ1n) is 4.51. The molecule has 0 aliphatic rings. The predicted octanol–water partition coefficient (Wildman–Crippen LogP) is 2.94. The fraction of sp³-hybridized carbons (Fsp3) is 0.300. The number of hydrogen-bond donors (Lipinski definition) is 0. The van der Waals surface area contributed by atoms with Crippen LogP contribution in [-0.4, -0.2) is 8.42 Å². The normalized spacial score (nSPS) is 11.1. The van der Waals surface area contributed by atoms with Gasteiger partial charge in [-0.25, -0.2) is 8.42 Å². The Morgan fingerprint density at radius 3 is 2.50 bits per heavy atom. The molecule has 86 valence electrons. The number of halogens is 2. The largest absolute Gasteiger partial charge is 0.262 e. The lowest BCUT2D eigenvalue weighted by atomic mass is 10.0. The highest BCUT2D eigenvalue weighted by atomic mass is 79.9. The van der Waals surface area contributed by atoms with Crippen LogP contribution in [0, 0.1) is 11.3 Å². The smallest absolute Gasteiger partial charge is 0.207 e. The third-order valence-electron chi connectivity index (χ3n) is 2.22. The summed E-state index contributed by atoms with van der Waals surface area (Å²) in [5.74, 6) is 0. The Balaban J connectivity index is 3.72. The monoisotopic (exact) mass is 321 g/mol. The number of nitrogens with zero attached hydrogens (tertiary/aromatic N) is 1. The Morgan fingerprint density at radius 1 is 1.50 bits per heavy atom. The van der Waals surface area contributed by atoms with Crippen LogP contribution < -0.4 is 0 Å². The Hall–Kier alpha value is -0.570. The van der Waals surface area contributed by atoms with Crippen molar-refractivity contribution in [3.63, 3.8) is 0 Å². The van der Waals surface area contributed by atoms with E-state index in [4.69, 9.17) is 15.9 Å². The molecule has 1 rings (SSSR count). The summed E-state index contributed by atoms with van der Waals surface area (Å²) in [5.41, 5.74) is 1.53. The maximum absolute atomic E-state index is 11.5. The molecular formula is C10H9BrClNO2S. The molecule has 16 heavy (non-hydrogen) atoms. The zero-order valence-corrected chi connectivity index (χ0v) is 11.7. The molecule has 0 spiro atoms. The molecule has 0 fully saturated rings. The minimum atomic E-state index is -3.89. The van der Waals surface area contributed by atoms with E-state index in [2.05, 4.69) is 15.9 Å². The van der Waals surface area contributed by atoms with Crippen molar-refractivity contribution in [2.45, 2.75) is 23.6 Å². The fourth-order valence-electron chi connectivity index (χ4n) is 1.55. The van der Waals surface area contributed by atoms with Gasteiger partial charge in [-0.15, -0.1) is 0 Å². The van der Waals surface area contributed by atoms with Gasteiger partial charge in [0, 0.05) is 16.0 Å². The number of nitriles is 1. The van der Waals surface area contributed by atoms with Crippen molar-refractivity contribution in [2.24, 2.45) is 0 Å². The van der Waals surface area contributed by atoms with E-state index >= 15 is 0 Å². The highest BCUT2D eigenvalue weighted by Crippen LogP contribution is 2.28. The summed E-state index contributed by atoms with van der Waals surface area (Å²) >= 11 is 3.28. The van der Waals surface area contributed by atoms with Gasteiger partial charge in [0.05, 0.1) is 5.56 Å². The lowest BCUT2D eigenvalue weighted by molar-refractivity contribution is 0.608. The number of rotatable bonds is 3. The van der Waals surface area contributed by atoms with E-state index in [0.717, 1.165) is 5.56 Å². The number of alkyl halides is 1. The molecule has 0 aromatic heterocycles. The molecule has 0 atom stereocenters. The van der Waals surface area contributed by atoms with Crippen molar-refractivity contribution >= 4 is 35.7 Å². The maximum atomic E-state index is 11.5. The van der Waals surface area contributed by atoms with Gasteiger partial charge in [-0.2, -0.15) is 5.26 Å². The van der Waals surface area contributed by atoms with Crippen LogP contribution in [0.1, 0.15) is 23.6 Å². The molecule has 1 aromatic rings. The highest BCUT2D eigenvalue weighted by molar-refractivity contribution is 9.08. The molecule has 0 heterocycles. The first-order valence-corrected chi connectivity index (χ1v) is 7.94. The Morgan fingerprint density at radius 2 is 2.12 bits per heavy atom. The summed E-state index contributed by atoms with van der Waals surface area (Å²) < 4.78 is 22.9. The van der Waals surface area contributed by atoms with Gasteiger partial charge in [0.1, 0.15) is 11.0 Å². The molecule has 0 radical (unpaired) electrons. The van der Waals surface area contributed by atoms with Gasteiger partial charge in [-0.05, 0) is 23.6 Å². The Kier molecular flexibility index (Phi) is 4.36. The van der Waals surface area contributed by atoms with Crippen molar-refractivity contribution in [3.8, 4) is 6.07 Å². The van der Waals surface area contributed by atoms with E-state index in [-0.39, 0.29) is 10.5 Å². The lowest BCUT2D eigenvalue weighted by Gasteiger charge is -2.10. The minimum absolute atomic E-state index is 0.0592. The van der Waals surface area contributed by atoms with Crippen LogP contribution in [0.4, 0.5) is 0 Å². The predicted molar refractivity (Wildman–Crippen MR) is 66.2 cm³/mol. The van der Waals surface area contributed by atoms with Crippen molar-refractivity contribution in [2.75, 3.05) is 0 Å². The molecule has 0 bridgehead atoms. The van der Waals surface area contributed by atoms with Crippen LogP contribution in [0.15, 0.2) is 17.0 Å². The molecule has 0 aliphatic heterocycles. The minimum Gasteiger partial charge on any atom is -0.207 e. The first kappa shape index (κ1) is 13.5. The summed E-state index contributed by atoms with van der Waals surface area (Å²) in [5, 5.41) is 9.41. The van der Waals surface area contributed by atoms with Gasteiger partial charge in [0.25, 0.3) is 9.05 Å². The molecule has 0 aliphatic carbocycles. The zero-order chi connectivity index (χ0) is 12.3. The van der Waals surface area contributed by atoms with E-state index in [1.54, 1.807) is 6.07 Å². The van der Waals surface area contributed by atoms with Crippen molar-refractivity contribution < 1.29 is 8.42 Å². The van der Waals surface area contributed by atoms with Gasteiger partial charge in [0.15, 0.2) is 0 Å². The summed E-state index contributed by atoms with van der Waals surface area (Å²) in [6.45, 7) is 1.83. The molecule has 0 unspecified atom stereocenters. The summed E-state index contributed by atoms with van der Waals surface area (Å²) in [7, 11) is 1.47. The van der Waals surface area contributed by atoms with Crippen LogP contribution in [0.5, 0.6) is 0 Å². The van der Waals surface area contributed by atoms with Crippen LogP contribution in [0.25, 0.3) is 0 Å². The van der Waals surface area contributed by atoms with Gasteiger partial charge < -0.3 is 0 Å². The molecule has 3 nitrogen and oxygen atoms in total. The maximum Gasteiger partial charge on any atom is 0.262 e. The second-order valence-electron chi connectivity index (χ2n) is 3.12. The molecule has 6 heteroatoms. The zero-order valence-electron chi connectivity index (χ0n) is 8.50. The van der Waals surface area contributed by atoms with E-state index in [1.807, 2.05) is 13.0 Å². The third-order valence-corrected chi connectivity index (χ3v) is 4.24. The topological polar surface area (TPSA) is 57.9 Å². The molecule has 0 saturated carbocycles. The standard InChI is InChI=1S/C10H9BrClNO2S/c1-2-9-7(5-11)3-4-8(6-13)10(9)16(12,14)15/h3-4H,2,5H2,1H3. The third kappa shape index (κ3) is 2.57. The average molecular weight is 323 g/mol. The fourth-order valence-corrected chi connectivity index (χ4v) is 3.55. The van der Waals surface area contributed by atoms with Gasteiger partial charge in [-0.3, -0.25) is 0 Å². The summed E-state index contributed by atoms with van der Waals surface area (Å²) in [4.78, 5) is -0.0592. The SMILES string of the molecule is CCc1c(CBr)ccc(C#N)c1S(=O)(=O)Cl. The Labute approximate surface area is 108 Å². The van der Waals surface area contributed by atoms with Gasteiger partial charge in [0.2, 0.25) is 0 Å². The lowest BCUT2D eigenvalue weighted by Crippen LogP contribution is -2.04. The van der Waals surface area contributed by atoms with E-state index < -0.39 is 9.05 Å². The van der Waals surface area contributed by atoms with Crippen molar-refractivity contribution in [1.82, 2.24) is 0 Å². The first-order chi connectivity index (χ1) is 7.45. The van der Waals surface area contributed by atoms with E-state index in [0.29, 0.717) is 17.3 Å². The van der Waals surface area contributed by atoms with Crippen LogP contribution in [0.2, 0.25) is 0 Å². The highest BCUT2D eigenvalue weighted by Gasteiger charge is 2.21. The Bertz CT molecular complexity index is 549. The van der Waals surface area contributed by atoms with Crippen LogP contribution >= 0.6 is 26.6 Å². The van der Waals surface area contributed by atoms with Gasteiger partial charge >= 0.3 is 0 Å². The second kappa shape index (κ2) is 5.17. The second-order valence-corrected chi connectivity index (χ2v) is 6.18. The van der Waals surface area contributed by atoms with Crippen LogP contribution in [-0.2, 0) is 20.8 Å². The average Bonchev–Trinajstić information content (AvgIpc) is 2.25. The number of benzene rings is 1. The molecule has 0 saturated heterocycles. The molecule has 0 amide bonds. The van der Waals surface area contributed by atoms with E-state index in [9.17, 15) is 8.42 Å². The van der Waals surface area contributed by atoms with Gasteiger partial charge in [-0.1, -0.05) is 28.9 Å². The quantitative estimate of drug-likeness (QED) is 0.635. The number of hydrogen-bond acceptors (Lipinski definition) is 3. The molecule has 0 N–H and O–H groups in total. The summed E-state index contributed by atoms with van der Waals surface area (Å²) in [6.07, 6.45) is 0.512.